The van der Waals surface area contributed by atoms with E-state index in [1.54, 1.807) is 0 Å². The molecule has 2 rings (SSSR count). The molecular weight excluding hydrogens is 248 g/mol. The summed E-state index contributed by atoms with van der Waals surface area (Å²) in [4.78, 5) is 14.0. The van der Waals surface area contributed by atoms with Crippen molar-refractivity contribution in [3.8, 4) is 0 Å². The summed E-state index contributed by atoms with van der Waals surface area (Å²) in [7, 11) is 0. The van der Waals surface area contributed by atoms with Crippen LogP contribution in [0.15, 0.2) is 0 Å². The summed E-state index contributed by atoms with van der Waals surface area (Å²) in [6, 6.07) is 1.33. The molecule has 0 radical (unpaired) electrons. The summed E-state index contributed by atoms with van der Waals surface area (Å²) in [6.45, 7) is 10.6. The van der Waals surface area contributed by atoms with Crippen LogP contribution in [0.3, 0.4) is 0 Å². The summed E-state index contributed by atoms with van der Waals surface area (Å²) in [5.41, 5.74) is 0.547. The SMILES string of the molecule is CC(C)C(=O)N1CCC(NC2CCC(C)(C)CC2)CC1. The van der Waals surface area contributed by atoms with E-state index in [1.807, 2.05) is 18.7 Å². The van der Waals surface area contributed by atoms with Gasteiger partial charge in [0.25, 0.3) is 0 Å². The molecule has 2 aliphatic rings. The van der Waals surface area contributed by atoms with E-state index >= 15 is 0 Å². The molecule has 20 heavy (non-hydrogen) atoms. The van der Waals surface area contributed by atoms with Gasteiger partial charge in [-0.3, -0.25) is 4.79 Å². The van der Waals surface area contributed by atoms with Gasteiger partial charge in [0.2, 0.25) is 5.91 Å². The van der Waals surface area contributed by atoms with E-state index in [9.17, 15) is 4.79 Å². The Morgan fingerprint density at radius 2 is 1.55 bits per heavy atom. The van der Waals surface area contributed by atoms with Crippen molar-refractivity contribution in [2.45, 2.75) is 78.3 Å². The number of piperidine rings is 1. The molecule has 1 saturated heterocycles. The number of carbonyl (C=O) groups excluding carboxylic acids is 1. The normalized spacial score (nSPS) is 25.1. The monoisotopic (exact) mass is 280 g/mol. The van der Waals surface area contributed by atoms with Crippen LogP contribution in [-0.2, 0) is 4.79 Å². The van der Waals surface area contributed by atoms with Crippen LogP contribution in [0.4, 0.5) is 0 Å². The zero-order chi connectivity index (χ0) is 14.8. The number of nitrogens with zero attached hydrogens (tertiary/aromatic N) is 1. The topological polar surface area (TPSA) is 32.3 Å². The second-order valence-electron chi connectivity index (χ2n) is 7.86. The minimum atomic E-state index is 0.139. The first-order valence-corrected chi connectivity index (χ1v) is 8.42. The number of amides is 1. The molecule has 3 nitrogen and oxygen atoms in total. The summed E-state index contributed by atoms with van der Waals surface area (Å²) in [5.74, 6) is 0.461. The fraction of sp³-hybridized carbons (Fsp3) is 0.941. The second-order valence-corrected chi connectivity index (χ2v) is 7.86. The van der Waals surface area contributed by atoms with Gasteiger partial charge in [-0.2, -0.15) is 0 Å². The van der Waals surface area contributed by atoms with E-state index in [2.05, 4.69) is 19.2 Å². The van der Waals surface area contributed by atoms with Gasteiger partial charge in [-0.25, -0.2) is 0 Å². The van der Waals surface area contributed by atoms with Crippen LogP contribution >= 0.6 is 0 Å². The van der Waals surface area contributed by atoms with Crippen LogP contribution in [0.1, 0.15) is 66.2 Å². The molecule has 0 unspecified atom stereocenters. The molecule has 0 aromatic carbocycles. The van der Waals surface area contributed by atoms with Gasteiger partial charge in [0, 0.05) is 31.1 Å². The minimum Gasteiger partial charge on any atom is -0.342 e. The maximum atomic E-state index is 12.0. The quantitative estimate of drug-likeness (QED) is 0.861. The third-order valence-corrected chi connectivity index (χ3v) is 5.11. The Labute approximate surface area is 124 Å². The Kier molecular flexibility index (Phi) is 5.11. The van der Waals surface area contributed by atoms with Crippen molar-refractivity contribution in [1.82, 2.24) is 10.2 Å². The molecule has 116 valence electrons. The Morgan fingerprint density at radius 3 is 2.05 bits per heavy atom. The molecule has 0 bridgehead atoms. The van der Waals surface area contributed by atoms with Gasteiger partial charge in [0.15, 0.2) is 0 Å². The highest BCUT2D eigenvalue weighted by molar-refractivity contribution is 5.78. The maximum absolute atomic E-state index is 12.0. The van der Waals surface area contributed by atoms with Crippen LogP contribution in [0.25, 0.3) is 0 Å². The van der Waals surface area contributed by atoms with Crippen molar-refractivity contribution >= 4 is 5.91 Å². The predicted molar refractivity (Wildman–Crippen MR) is 83.6 cm³/mol. The zero-order valence-corrected chi connectivity index (χ0v) is 13.7. The predicted octanol–water partition coefficient (Wildman–Crippen LogP) is 3.19. The van der Waals surface area contributed by atoms with Crippen molar-refractivity contribution in [3.05, 3.63) is 0 Å². The summed E-state index contributed by atoms with van der Waals surface area (Å²) < 4.78 is 0. The highest BCUT2D eigenvalue weighted by Crippen LogP contribution is 2.35. The van der Waals surface area contributed by atoms with Gasteiger partial charge >= 0.3 is 0 Å². The molecule has 0 aromatic heterocycles. The molecular formula is C17H32N2O. The smallest absolute Gasteiger partial charge is 0.225 e. The van der Waals surface area contributed by atoms with Crippen molar-refractivity contribution in [3.63, 3.8) is 0 Å². The van der Waals surface area contributed by atoms with E-state index in [0.717, 1.165) is 25.9 Å². The van der Waals surface area contributed by atoms with Gasteiger partial charge in [-0.1, -0.05) is 27.7 Å². The molecule has 1 saturated carbocycles. The lowest BCUT2D eigenvalue weighted by Gasteiger charge is -2.39. The van der Waals surface area contributed by atoms with Gasteiger partial charge in [0.1, 0.15) is 0 Å². The molecule has 1 heterocycles. The Morgan fingerprint density at radius 1 is 1.05 bits per heavy atom. The van der Waals surface area contributed by atoms with Crippen molar-refractivity contribution in [2.75, 3.05) is 13.1 Å². The third kappa shape index (κ3) is 4.21. The van der Waals surface area contributed by atoms with Crippen molar-refractivity contribution in [2.24, 2.45) is 11.3 Å². The van der Waals surface area contributed by atoms with E-state index in [1.165, 1.54) is 25.7 Å². The number of likely N-dealkylation sites (tertiary alicyclic amines) is 1. The van der Waals surface area contributed by atoms with E-state index in [-0.39, 0.29) is 5.92 Å². The molecule has 1 aliphatic carbocycles. The molecule has 0 atom stereocenters. The van der Waals surface area contributed by atoms with Crippen LogP contribution in [0.2, 0.25) is 0 Å². The average Bonchev–Trinajstić information content (AvgIpc) is 2.41. The summed E-state index contributed by atoms with van der Waals surface area (Å²) in [6.07, 6.45) is 7.57. The number of carbonyl (C=O) groups is 1. The van der Waals surface area contributed by atoms with E-state index in [4.69, 9.17) is 0 Å². The Hall–Kier alpha value is -0.570. The molecule has 0 spiro atoms. The molecule has 1 aliphatic heterocycles. The van der Waals surface area contributed by atoms with Gasteiger partial charge in [-0.05, 0) is 43.9 Å². The van der Waals surface area contributed by atoms with Crippen molar-refractivity contribution < 1.29 is 4.79 Å². The van der Waals surface area contributed by atoms with Crippen LogP contribution in [-0.4, -0.2) is 36.0 Å². The van der Waals surface area contributed by atoms with E-state index in [0.29, 0.717) is 23.4 Å². The number of rotatable bonds is 3. The van der Waals surface area contributed by atoms with Crippen molar-refractivity contribution in [1.29, 1.82) is 0 Å². The highest BCUT2D eigenvalue weighted by Gasteiger charge is 2.30. The fourth-order valence-electron chi connectivity index (χ4n) is 3.53. The lowest BCUT2D eigenvalue weighted by Crippen LogP contribution is -2.49. The zero-order valence-electron chi connectivity index (χ0n) is 13.7. The first-order valence-electron chi connectivity index (χ1n) is 8.42. The number of hydrogen-bond donors (Lipinski definition) is 1. The summed E-state index contributed by atoms with van der Waals surface area (Å²) >= 11 is 0. The lowest BCUT2D eigenvalue weighted by atomic mass is 9.75. The highest BCUT2D eigenvalue weighted by atomic mass is 16.2. The van der Waals surface area contributed by atoms with Crippen LogP contribution < -0.4 is 5.32 Å². The molecule has 3 heteroatoms. The number of hydrogen-bond acceptors (Lipinski definition) is 2. The first-order chi connectivity index (χ1) is 9.37. The van der Waals surface area contributed by atoms with Gasteiger partial charge in [-0.15, -0.1) is 0 Å². The molecule has 0 aromatic rings. The Balaban J connectivity index is 1.71. The largest absolute Gasteiger partial charge is 0.342 e. The minimum absolute atomic E-state index is 0.139. The third-order valence-electron chi connectivity index (χ3n) is 5.11. The van der Waals surface area contributed by atoms with Crippen LogP contribution in [0, 0.1) is 11.3 Å². The number of nitrogens with one attached hydrogen (secondary N) is 1. The standard InChI is InChI=1S/C17H32N2O/c1-13(2)16(20)19-11-7-15(8-12-19)18-14-5-9-17(3,4)10-6-14/h13-15,18H,5-12H2,1-4H3. The molecule has 2 fully saturated rings. The molecule has 1 N–H and O–H groups in total. The van der Waals surface area contributed by atoms with Gasteiger partial charge in [0.05, 0.1) is 0 Å². The summed E-state index contributed by atoms with van der Waals surface area (Å²) in [5, 5.41) is 3.85. The first kappa shape index (κ1) is 15.8. The van der Waals surface area contributed by atoms with Crippen LogP contribution in [0.5, 0.6) is 0 Å². The lowest BCUT2D eigenvalue weighted by molar-refractivity contribution is -0.135. The Bertz CT molecular complexity index is 320. The maximum Gasteiger partial charge on any atom is 0.225 e. The van der Waals surface area contributed by atoms with E-state index < -0.39 is 0 Å². The second kappa shape index (κ2) is 6.46. The fourth-order valence-corrected chi connectivity index (χ4v) is 3.53. The average molecular weight is 280 g/mol. The van der Waals surface area contributed by atoms with Gasteiger partial charge < -0.3 is 10.2 Å². The molecule has 1 amide bonds.